The summed E-state index contributed by atoms with van der Waals surface area (Å²) in [5.74, 6) is -0.357. The van der Waals surface area contributed by atoms with E-state index in [0.29, 0.717) is 17.7 Å². The summed E-state index contributed by atoms with van der Waals surface area (Å²) in [6.45, 7) is 2.24. The second-order valence-electron chi connectivity index (χ2n) is 2.83. The molecule has 4 nitrogen and oxygen atoms in total. The first kappa shape index (κ1) is 14.5. The molecule has 0 aliphatic carbocycles. The van der Waals surface area contributed by atoms with Crippen LogP contribution in [-0.2, 0) is 9.47 Å². The van der Waals surface area contributed by atoms with Crippen molar-refractivity contribution in [2.75, 3.05) is 13.7 Å². The molecule has 1 aromatic rings. The van der Waals surface area contributed by atoms with Crippen molar-refractivity contribution in [1.82, 2.24) is 0 Å². The van der Waals surface area contributed by atoms with Crippen molar-refractivity contribution in [3.8, 4) is 0 Å². The van der Waals surface area contributed by atoms with Gasteiger partial charge >= 0.3 is 5.97 Å². The van der Waals surface area contributed by atoms with Gasteiger partial charge in [0, 0.05) is 5.56 Å². The number of ether oxygens (including phenoxy) is 2. The highest BCUT2D eigenvalue weighted by molar-refractivity contribution is 5.96. The minimum Gasteiger partial charge on any atom is -0.478 e. The number of carbonyl (C=O) groups is 1. The maximum atomic E-state index is 11.2. The summed E-state index contributed by atoms with van der Waals surface area (Å²) >= 11 is 0. The Morgan fingerprint density at radius 2 is 2.00 bits per heavy atom. The topological polar surface area (TPSA) is 59.4 Å². The van der Waals surface area contributed by atoms with Gasteiger partial charge < -0.3 is 9.47 Å². The van der Waals surface area contributed by atoms with Crippen LogP contribution in [0.15, 0.2) is 24.3 Å². The van der Waals surface area contributed by atoms with Gasteiger partial charge in [0.25, 0.3) is 0 Å². The second-order valence-corrected chi connectivity index (χ2v) is 2.83. The van der Waals surface area contributed by atoms with Gasteiger partial charge in [-0.3, -0.25) is 5.41 Å². The zero-order chi connectivity index (χ0) is 11.3. The van der Waals surface area contributed by atoms with Crippen molar-refractivity contribution < 1.29 is 14.3 Å². The molecule has 0 aliphatic rings. The van der Waals surface area contributed by atoms with Crippen LogP contribution in [0.25, 0.3) is 0 Å². The first-order chi connectivity index (χ1) is 7.19. The Morgan fingerprint density at radius 1 is 1.38 bits per heavy atom. The Balaban J connectivity index is 0.00000225. The first-order valence-corrected chi connectivity index (χ1v) is 4.59. The molecule has 0 heterocycles. The number of esters is 1. The lowest BCUT2D eigenvalue weighted by Gasteiger charge is -2.05. The highest BCUT2D eigenvalue weighted by Crippen LogP contribution is 2.07. The smallest absolute Gasteiger partial charge is 0.337 e. The molecule has 0 aliphatic heterocycles. The van der Waals surface area contributed by atoms with Gasteiger partial charge in [0.15, 0.2) is 0 Å². The monoisotopic (exact) mass is 243 g/mol. The van der Waals surface area contributed by atoms with E-state index in [1.165, 1.54) is 7.11 Å². The van der Waals surface area contributed by atoms with Gasteiger partial charge in [0.2, 0.25) is 5.90 Å². The Kier molecular flexibility index (Phi) is 6.18. The lowest BCUT2D eigenvalue weighted by molar-refractivity contribution is 0.0600. The molecular formula is C11H14ClNO3. The van der Waals surface area contributed by atoms with Gasteiger partial charge in [0.1, 0.15) is 0 Å². The fraction of sp³-hybridized carbons (Fsp3) is 0.273. The van der Waals surface area contributed by atoms with Crippen molar-refractivity contribution in [3.63, 3.8) is 0 Å². The van der Waals surface area contributed by atoms with E-state index in [0.717, 1.165) is 0 Å². The maximum Gasteiger partial charge on any atom is 0.337 e. The molecule has 0 spiro atoms. The molecule has 0 bridgehead atoms. The molecule has 0 saturated carbocycles. The molecule has 0 unspecified atom stereocenters. The van der Waals surface area contributed by atoms with Crippen molar-refractivity contribution >= 4 is 24.3 Å². The van der Waals surface area contributed by atoms with Crippen LogP contribution in [-0.4, -0.2) is 25.6 Å². The summed E-state index contributed by atoms with van der Waals surface area (Å²) in [6.07, 6.45) is 0. The SMILES string of the molecule is CCOC(=N)c1cccc(C(=O)OC)c1.Cl. The molecule has 1 aromatic carbocycles. The van der Waals surface area contributed by atoms with E-state index >= 15 is 0 Å². The van der Waals surface area contributed by atoms with Crippen LogP contribution in [0, 0.1) is 5.41 Å². The molecule has 1 rings (SSSR count). The summed E-state index contributed by atoms with van der Waals surface area (Å²) < 4.78 is 9.61. The standard InChI is InChI=1S/C11H13NO3.ClH/c1-3-15-10(12)8-5-4-6-9(7-8)11(13)14-2;/h4-7,12H,3H2,1-2H3;1H. The largest absolute Gasteiger partial charge is 0.478 e. The molecular weight excluding hydrogens is 230 g/mol. The van der Waals surface area contributed by atoms with E-state index in [1.54, 1.807) is 31.2 Å². The Hall–Kier alpha value is -1.55. The zero-order valence-electron chi connectivity index (χ0n) is 9.15. The minimum atomic E-state index is -0.416. The van der Waals surface area contributed by atoms with Gasteiger partial charge in [-0.1, -0.05) is 6.07 Å². The van der Waals surface area contributed by atoms with Gasteiger partial charge in [-0.15, -0.1) is 12.4 Å². The Morgan fingerprint density at radius 3 is 2.56 bits per heavy atom. The summed E-state index contributed by atoms with van der Waals surface area (Å²) in [6, 6.07) is 6.61. The number of hydrogen-bond donors (Lipinski definition) is 1. The number of methoxy groups -OCH3 is 1. The van der Waals surface area contributed by atoms with Crippen molar-refractivity contribution in [3.05, 3.63) is 35.4 Å². The van der Waals surface area contributed by atoms with Crippen LogP contribution in [0.2, 0.25) is 0 Å². The third kappa shape index (κ3) is 3.55. The highest BCUT2D eigenvalue weighted by Gasteiger charge is 2.08. The molecule has 5 heteroatoms. The van der Waals surface area contributed by atoms with E-state index < -0.39 is 5.97 Å². The quantitative estimate of drug-likeness (QED) is 0.503. The molecule has 1 N–H and O–H groups in total. The molecule has 0 saturated heterocycles. The van der Waals surface area contributed by atoms with Gasteiger partial charge in [-0.2, -0.15) is 0 Å². The number of carbonyl (C=O) groups excluding carboxylic acids is 1. The van der Waals surface area contributed by atoms with Crippen molar-refractivity contribution in [2.45, 2.75) is 6.92 Å². The van der Waals surface area contributed by atoms with E-state index in [-0.39, 0.29) is 18.3 Å². The third-order valence-corrected chi connectivity index (χ3v) is 1.83. The van der Waals surface area contributed by atoms with Crippen LogP contribution in [0.4, 0.5) is 0 Å². The van der Waals surface area contributed by atoms with Gasteiger partial charge in [0.05, 0.1) is 19.3 Å². The fourth-order valence-electron chi connectivity index (χ4n) is 1.13. The summed E-state index contributed by atoms with van der Waals surface area (Å²) in [5, 5.41) is 7.55. The first-order valence-electron chi connectivity index (χ1n) is 4.59. The van der Waals surface area contributed by atoms with Crippen LogP contribution < -0.4 is 0 Å². The number of nitrogens with one attached hydrogen (secondary N) is 1. The average Bonchev–Trinajstić information content (AvgIpc) is 2.28. The normalized spacial score (nSPS) is 8.88. The summed E-state index contributed by atoms with van der Waals surface area (Å²) in [4.78, 5) is 11.2. The summed E-state index contributed by atoms with van der Waals surface area (Å²) in [5.41, 5.74) is 0.985. The van der Waals surface area contributed by atoms with Crippen LogP contribution in [0.5, 0.6) is 0 Å². The van der Waals surface area contributed by atoms with E-state index in [4.69, 9.17) is 10.1 Å². The zero-order valence-corrected chi connectivity index (χ0v) is 9.97. The molecule has 0 radical (unpaired) electrons. The molecule has 0 amide bonds. The average molecular weight is 244 g/mol. The lowest BCUT2D eigenvalue weighted by atomic mass is 10.1. The van der Waals surface area contributed by atoms with Gasteiger partial charge in [-0.25, -0.2) is 4.79 Å². The van der Waals surface area contributed by atoms with E-state index in [9.17, 15) is 4.79 Å². The molecule has 0 atom stereocenters. The Bertz CT molecular complexity index is 379. The number of rotatable bonds is 3. The fourth-order valence-corrected chi connectivity index (χ4v) is 1.13. The summed E-state index contributed by atoms with van der Waals surface area (Å²) in [7, 11) is 1.32. The highest BCUT2D eigenvalue weighted by atomic mass is 35.5. The van der Waals surface area contributed by atoms with Crippen LogP contribution >= 0.6 is 12.4 Å². The van der Waals surface area contributed by atoms with E-state index in [1.807, 2.05) is 0 Å². The van der Waals surface area contributed by atoms with Crippen LogP contribution in [0.1, 0.15) is 22.8 Å². The number of halogens is 1. The second kappa shape index (κ2) is 6.85. The lowest BCUT2D eigenvalue weighted by Crippen LogP contribution is -2.07. The molecule has 0 fully saturated rings. The number of hydrogen-bond acceptors (Lipinski definition) is 4. The third-order valence-electron chi connectivity index (χ3n) is 1.83. The Labute approximate surface area is 100 Å². The molecule has 16 heavy (non-hydrogen) atoms. The maximum absolute atomic E-state index is 11.2. The van der Waals surface area contributed by atoms with Crippen LogP contribution in [0.3, 0.4) is 0 Å². The van der Waals surface area contributed by atoms with Gasteiger partial charge in [-0.05, 0) is 25.1 Å². The molecule has 0 aromatic heterocycles. The van der Waals surface area contributed by atoms with Crippen molar-refractivity contribution in [1.29, 1.82) is 5.41 Å². The number of benzene rings is 1. The van der Waals surface area contributed by atoms with Crippen molar-refractivity contribution in [2.24, 2.45) is 0 Å². The predicted octanol–water partition coefficient (Wildman–Crippen LogP) is 2.26. The predicted molar refractivity (Wildman–Crippen MR) is 63.5 cm³/mol. The minimum absolute atomic E-state index is 0. The van der Waals surface area contributed by atoms with E-state index in [2.05, 4.69) is 4.74 Å². The molecule has 88 valence electrons.